The van der Waals surface area contributed by atoms with Crippen molar-refractivity contribution in [3.05, 3.63) is 57.8 Å². The molecule has 78 valence electrons. The summed E-state index contributed by atoms with van der Waals surface area (Å²) in [6, 6.07) is 7.22. The second kappa shape index (κ2) is 4.08. The quantitative estimate of drug-likeness (QED) is 0.834. The lowest BCUT2D eigenvalue weighted by Gasteiger charge is -2.09. The first-order valence-corrected chi connectivity index (χ1v) is 5.23. The van der Waals surface area contributed by atoms with Crippen molar-refractivity contribution in [1.82, 2.24) is 0 Å². The van der Waals surface area contributed by atoms with E-state index in [1.807, 2.05) is 0 Å². The molecule has 0 aliphatic rings. The third-order valence-electron chi connectivity index (χ3n) is 2.09. The van der Waals surface area contributed by atoms with E-state index in [1.54, 1.807) is 17.5 Å². The molecule has 1 aromatic carbocycles. The second-order valence-electron chi connectivity index (χ2n) is 3.06. The molecule has 2 aromatic rings. The summed E-state index contributed by atoms with van der Waals surface area (Å²) >= 11 is 1.30. The Labute approximate surface area is 89.6 Å². The molecule has 0 aliphatic carbocycles. The van der Waals surface area contributed by atoms with Gasteiger partial charge in [0.25, 0.3) is 0 Å². The SMILES string of the molecule is OC(c1cccs1)c1cccc(F)c1F. The molecule has 1 atom stereocenters. The van der Waals surface area contributed by atoms with Crippen LogP contribution in [0.1, 0.15) is 16.5 Å². The number of rotatable bonds is 2. The minimum atomic E-state index is -1.10. The van der Waals surface area contributed by atoms with Gasteiger partial charge in [-0.3, -0.25) is 0 Å². The highest BCUT2D eigenvalue weighted by Gasteiger charge is 2.17. The van der Waals surface area contributed by atoms with Crippen LogP contribution in [0.2, 0.25) is 0 Å². The third-order valence-corrected chi connectivity index (χ3v) is 3.01. The lowest BCUT2D eigenvalue weighted by Crippen LogP contribution is -2.02. The molecule has 0 saturated heterocycles. The average molecular weight is 226 g/mol. The maximum absolute atomic E-state index is 13.3. The van der Waals surface area contributed by atoms with Gasteiger partial charge in [-0.05, 0) is 17.5 Å². The van der Waals surface area contributed by atoms with Gasteiger partial charge >= 0.3 is 0 Å². The fraction of sp³-hybridized carbons (Fsp3) is 0.0909. The van der Waals surface area contributed by atoms with Crippen molar-refractivity contribution in [1.29, 1.82) is 0 Å². The van der Waals surface area contributed by atoms with Gasteiger partial charge in [-0.25, -0.2) is 8.78 Å². The van der Waals surface area contributed by atoms with Crippen LogP contribution in [0.3, 0.4) is 0 Å². The summed E-state index contributed by atoms with van der Waals surface area (Å²) in [5.74, 6) is -1.93. The smallest absolute Gasteiger partial charge is 0.164 e. The molecule has 1 unspecified atom stereocenters. The van der Waals surface area contributed by atoms with E-state index in [4.69, 9.17) is 0 Å². The van der Waals surface area contributed by atoms with Crippen molar-refractivity contribution >= 4 is 11.3 Å². The summed E-state index contributed by atoms with van der Waals surface area (Å²) in [7, 11) is 0. The van der Waals surface area contributed by atoms with Crippen molar-refractivity contribution < 1.29 is 13.9 Å². The number of aliphatic hydroxyl groups is 1. The van der Waals surface area contributed by atoms with Gasteiger partial charge < -0.3 is 5.11 Å². The van der Waals surface area contributed by atoms with Crippen LogP contribution in [-0.4, -0.2) is 5.11 Å². The van der Waals surface area contributed by atoms with E-state index in [9.17, 15) is 13.9 Å². The number of aliphatic hydroxyl groups excluding tert-OH is 1. The van der Waals surface area contributed by atoms with Gasteiger partial charge in [-0.1, -0.05) is 18.2 Å². The molecule has 0 fully saturated rings. The molecule has 0 bridgehead atoms. The minimum absolute atomic E-state index is 0.0301. The van der Waals surface area contributed by atoms with E-state index >= 15 is 0 Å². The molecule has 2 rings (SSSR count). The summed E-state index contributed by atoms with van der Waals surface area (Å²) in [6.45, 7) is 0. The van der Waals surface area contributed by atoms with E-state index in [0.29, 0.717) is 4.88 Å². The predicted octanol–water partition coefficient (Wildman–Crippen LogP) is 3.11. The molecule has 1 heterocycles. The van der Waals surface area contributed by atoms with Crippen molar-refractivity contribution in [2.24, 2.45) is 0 Å². The van der Waals surface area contributed by atoms with Crippen LogP contribution >= 0.6 is 11.3 Å². The molecule has 4 heteroatoms. The zero-order valence-electron chi connectivity index (χ0n) is 7.65. The van der Waals surface area contributed by atoms with Crippen LogP contribution in [0.15, 0.2) is 35.7 Å². The number of halogens is 2. The van der Waals surface area contributed by atoms with Gasteiger partial charge in [0.05, 0.1) is 0 Å². The number of benzene rings is 1. The van der Waals surface area contributed by atoms with Gasteiger partial charge in [0.2, 0.25) is 0 Å². The Morgan fingerprint density at radius 2 is 1.93 bits per heavy atom. The van der Waals surface area contributed by atoms with E-state index in [1.165, 1.54) is 23.5 Å². The van der Waals surface area contributed by atoms with Crippen molar-refractivity contribution in [3.63, 3.8) is 0 Å². The minimum Gasteiger partial charge on any atom is -0.383 e. The molecule has 0 radical (unpaired) electrons. The van der Waals surface area contributed by atoms with Crippen LogP contribution in [0.5, 0.6) is 0 Å². The van der Waals surface area contributed by atoms with E-state index in [0.717, 1.165) is 6.07 Å². The Hall–Kier alpha value is -1.26. The monoisotopic (exact) mass is 226 g/mol. The number of thiophene rings is 1. The van der Waals surface area contributed by atoms with Crippen molar-refractivity contribution in [2.45, 2.75) is 6.10 Å². The number of hydrogen-bond acceptors (Lipinski definition) is 2. The van der Waals surface area contributed by atoms with Gasteiger partial charge in [0, 0.05) is 10.4 Å². The normalized spacial score (nSPS) is 12.7. The molecule has 0 spiro atoms. The Bertz CT molecular complexity index is 454. The lowest BCUT2D eigenvalue weighted by molar-refractivity contribution is 0.217. The summed E-state index contributed by atoms with van der Waals surface area (Å²) < 4.78 is 26.2. The van der Waals surface area contributed by atoms with Gasteiger partial charge in [-0.2, -0.15) is 0 Å². The van der Waals surface area contributed by atoms with Gasteiger partial charge in [0.15, 0.2) is 11.6 Å². The first-order chi connectivity index (χ1) is 7.20. The molecule has 1 aromatic heterocycles. The summed E-state index contributed by atoms with van der Waals surface area (Å²) in [5.41, 5.74) is -0.0301. The topological polar surface area (TPSA) is 20.2 Å². The Morgan fingerprint density at radius 3 is 2.60 bits per heavy atom. The highest BCUT2D eigenvalue weighted by molar-refractivity contribution is 7.10. The Balaban J connectivity index is 2.42. The van der Waals surface area contributed by atoms with Gasteiger partial charge in [0.1, 0.15) is 6.10 Å². The highest BCUT2D eigenvalue weighted by atomic mass is 32.1. The van der Waals surface area contributed by atoms with Crippen molar-refractivity contribution in [2.75, 3.05) is 0 Å². The maximum atomic E-state index is 13.3. The second-order valence-corrected chi connectivity index (χ2v) is 4.04. The standard InChI is InChI=1S/C11H8F2OS/c12-8-4-1-3-7(10(8)13)11(14)9-5-2-6-15-9/h1-6,11,14H. The summed E-state index contributed by atoms with van der Waals surface area (Å²) in [4.78, 5) is 0.597. The zero-order valence-corrected chi connectivity index (χ0v) is 8.47. The summed E-state index contributed by atoms with van der Waals surface area (Å²) in [5, 5.41) is 11.6. The fourth-order valence-corrected chi connectivity index (χ4v) is 2.06. The predicted molar refractivity (Wildman–Crippen MR) is 54.7 cm³/mol. The largest absolute Gasteiger partial charge is 0.383 e. The van der Waals surface area contributed by atoms with E-state index in [-0.39, 0.29) is 5.56 Å². The Kier molecular flexibility index (Phi) is 2.79. The molecule has 15 heavy (non-hydrogen) atoms. The van der Waals surface area contributed by atoms with Crippen molar-refractivity contribution in [3.8, 4) is 0 Å². The molecular weight excluding hydrogens is 218 g/mol. The van der Waals surface area contributed by atoms with E-state index in [2.05, 4.69) is 0 Å². The molecule has 0 saturated carbocycles. The fourth-order valence-electron chi connectivity index (χ4n) is 1.33. The summed E-state index contributed by atoms with van der Waals surface area (Å²) in [6.07, 6.45) is -1.10. The third kappa shape index (κ3) is 1.91. The van der Waals surface area contributed by atoms with Crippen LogP contribution in [0.4, 0.5) is 8.78 Å². The molecule has 0 amide bonds. The number of hydrogen-bond donors (Lipinski definition) is 1. The van der Waals surface area contributed by atoms with Crippen LogP contribution in [0.25, 0.3) is 0 Å². The van der Waals surface area contributed by atoms with Crippen LogP contribution < -0.4 is 0 Å². The van der Waals surface area contributed by atoms with Gasteiger partial charge in [-0.15, -0.1) is 11.3 Å². The van der Waals surface area contributed by atoms with E-state index < -0.39 is 17.7 Å². The van der Waals surface area contributed by atoms with Crippen LogP contribution in [-0.2, 0) is 0 Å². The first kappa shape index (κ1) is 10.3. The first-order valence-electron chi connectivity index (χ1n) is 4.35. The molecule has 1 N–H and O–H groups in total. The molecule has 1 nitrogen and oxygen atoms in total. The highest BCUT2D eigenvalue weighted by Crippen LogP contribution is 2.28. The Morgan fingerprint density at radius 1 is 1.13 bits per heavy atom. The van der Waals surface area contributed by atoms with Crippen LogP contribution in [0, 0.1) is 11.6 Å². The molecule has 0 aliphatic heterocycles. The average Bonchev–Trinajstić information content (AvgIpc) is 2.74. The lowest BCUT2D eigenvalue weighted by atomic mass is 10.1. The molecular formula is C11H8F2OS. The maximum Gasteiger partial charge on any atom is 0.164 e. The zero-order chi connectivity index (χ0) is 10.8.